The fourth-order valence-electron chi connectivity index (χ4n) is 3.77. The molecule has 0 saturated carbocycles. The average Bonchev–Trinajstić information content (AvgIpc) is 3.25. The van der Waals surface area contributed by atoms with Crippen LogP contribution in [-0.2, 0) is 6.42 Å². The summed E-state index contributed by atoms with van der Waals surface area (Å²) in [5.74, 6) is 0.999. The van der Waals surface area contributed by atoms with E-state index in [1.165, 1.54) is 22.6 Å². The summed E-state index contributed by atoms with van der Waals surface area (Å²) in [7, 11) is 1.68. The van der Waals surface area contributed by atoms with Crippen LogP contribution in [0.15, 0.2) is 64.5 Å². The van der Waals surface area contributed by atoms with Crippen molar-refractivity contribution in [3.05, 3.63) is 74.9 Å². The van der Waals surface area contributed by atoms with Crippen LogP contribution in [0.2, 0.25) is 0 Å². The Balaban J connectivity index is 1.34. The summed E-state index contributed by atoms with van der Waals surface area (Å²) in [6.45, 7) is 3.96. The molecule has 31 heavy (non-hydrogen) atoms. The molecule has 1 N–H and O–H groups in total. The van der Waals surface area contributed by atoms with Gasteiger partial charge in [-0.3, -0.25) is 4.79 Å². The number of anilines is 2. The molecule has 1 aliphatic rings. The van der Waals surface area contributed by atoms with Crippen LogP contribution in [-0.4, -0.2) is 50.6 Å². The number of nitrogens with one attached hydrogen (secondary N) is 1. The summed E-state index contributed by atoms with van der Waals surface area (Å²) in [5, 5.41) is 5.54. The van der Waals surface area contributed by atoms with Crippen molar-refractivity contribution in [1.29, 1.82) is 0 Å². The standard InChI is InChI=1S/C24H26BrN3O2S/c1-30-19-8-6-18(7-9-19)10-12-26-21-4-2-3-5-22(21)27-13-15-28(16-14-27)24(29)23-20(25)11-17-31-23/h2-9,11,17,26H,10,12-16H2,1H3. The smallest absolute Gasteiger partial charge is 0.265 e. The van der Waals surface area contributed by atoms with Crippen molar-refractivity contribution in [2.45, 2.75) is 6.42 Å². The highest BCUT2D eigenvalue weighted by Gasteiger charge is 2.25. The van der Waals surface area contributed by atoms with E-state index < -0.39 is 0 Å². The molecule has 1 aliphatic heterocycles. The number of carbonyl (C=O) groups is 1. The van der Waals surface area contributed by atoms with Crippen LogP contribution >= 0.6 is 27.3 Å². The Morgan fingerprint density at radius 2 is 1.81 bits per heavy atom. The molecule has 162 valence electrons. The third kappa shape index (κ3) is 5.22. The van der Waals surface area contributed by atoms with Crippen LogP contribution in [0.4, 0.5) is 11.4 Å². The molecule has 0 bridgehead atoms. The van der Waals surface area contributed by atoms with Gasteiger partial charge in [-0.05, 0) is 63.6 Å². The topological polar surface area (TPSA) is 44.8 Å². The molecule has 0 atom stereocenters. The maximum Gasteiger partial charge on any atom is 0.265 e. The normalized spacial score (nSPS) is 13.9. The monoisotopic (exact) mass is 499 g/mol. The molecular formula is C24H26BrN3O2S. The molecule has 1 saturated heterocycles. The molecule has 4 rings (SSSR count). The first-order chi connectivity index (χ1) is 15.2. The molecule has 1 aromatic heterocycles. The molecule has 0 aliphatic carbocycles. The van der Waals surface area contributed by atoms with Crippen molar-refractivity contribution in [2.24, 2.45) is 0 Å². The van der Waals surface area contributed by atoms with Gasteiger partial charge in [0.2, 0.25) is 0 Å². The van der Waals surface area contributed by atoms with E-state index in [-0.39, 0.29) is 5.91 Å². The zero-order valence-corrected chi connectivity index (χ0v) is 19.9. The highest BCUT2D eigenvalue weighted by atomic mass is 79.9. The fourth-order valence-corrected chi connectivity index (χ4v) is 5.28. The number of amides is 1. The SMILES string of the molecule is COc1ccc(CCNc2ccccc2N2CCN(C(=O)c3sccc3Br)CC2)cc1. The zero-order chi connectivity index (χ0) is 21.6. The van der Waals surface area contributed by atoms with Crippen molar-refractivity contribution in [1.82, 2.24) is 4.90 Å². The van der Waals surface area contributed by atoms with Crippen LogP contribution in [0.1, 0.15) is 15.2 Å². The summed E-state index contributed by atoms with van der Waals surface area (Å²) in [6.07, 6.45) is 0.941. The van der Waals surface area contributed by atoms with Crippen molar-refractivity contribution in [3.8, 4) is 5.75 Å². The molecule has 2 aromatic carbocycles. The lowest BCUT2D eigenvalue weighted by Crippen LogP contribution is -2.48. The van der Waals surface area contributed by atoms with Crippen molar-refractivity contribution in [2.75, 3.05) is 50.1 Å². The van der Waals surface area contributed by atoms with Gasteiger partial charge in [-0.25, -0.2) is 0 Å². The van der Waals surface area contributed by atoms with Crippen LogP contribution in [0.25, 0.3) is 0 Å². The number of thiophene rings is 1. The number of nitrogens with zero attached hydrogens (tertiary/aromatic N) is 2. The quantitative estimate of drug-likeness (QED) is 0.488. The van der Waals surface area contributed by atoms with Gasteiger partial charge in [0.05, 0.1) is 18.5 Å². The Labute approximate surface area is 195 Å². The molecule has 0 spiro atoms. The summed E-state index contributed by atoms with van der Waals surface area (Å²) in [6, 6.07) is 18.6. The first-order valence-electron chi connectivity index (χ1n) is 10.4. The number of carbonyl (C=O) groups excluding carboxylic acids is 1. The number of benzene rings is 2. The van der Waals surface area contributed by atoms with E-state index in [2.05, 4.69) is 62.5 Å². The van der Waals surface area contributed by atoms with E-state index in [1.54, 1.807) is 7.11 Å². The second kappa shape index (κ2) is 10.2. The number of hydrogen-bond acceptors (Lipinski definition) is 5. The van der Waals surface area contributed by atoms with Gasteiger partial charge in [-0.1, -0.05) is 24.3 Å². The Morgan fingerprint density at radius 1 is 1.06 bits per heavy atom. The van der Waals surface area contributed by atoms with Crippen LogP contribution < -0.4 is 15.0 Å². The van der Waals surface area contributed by atoms with Crippen molar-refractivity contribution >= 4 is 44.5 Å². The van der Waals surface area contributed by atoms with Gasteiger partial charge in [0.1, 0.15) is 10.6 Å². The molecular weight excluding hydrogens is 474 g/mol. The minimum absolute atomic E-state index is 0.118. The molecule has 5 nitrogen and oxygen atoms in total. The largest absolute Gasteiger partial charge is 0.497 e. The van der Waals surface area contributed by atoms with Gasteiger partial charge in [-0.2, -0.15) is 0 Å². The predicted molar refractivity (Wildman–Crippen MR) is 132 cm³/mol. The number of ether oxygens (including phenoxy) is 1. The van der Waals surface area contributed by atoms with Crippen LogP contribution in [0.3, 0.4) is 0 Å². The van der Waals surface area contributed by atoms with Crippen LogP contribution in [0, 0.1) is 0 Å². The summed E-state index contributed by atoms with van der Waals surface area (Å²) in [4.78, 5) is 17.9. The predicted octanol–water partition coefficient (Wildman–Crippen LogP) is 5.14. The third-order valence-electron chi connectivity index (χ3n) is 5.51. The Kier molecular flexibility index (Phi) is 7.14. The van der Waals surface area contributed by atoms with Gasteiger partial charge in [0.15, 0.2) is 0 Å². The molecule has 1 amide bonds. The second-order valence-electron chi connectivity index (χ2n) is 7.42. The second-order valence-corrected chi connectivity index (χ2v) is 9.19. The lowest BCUT2D eigenvalue weighted by Gasteiger charge is -2.37. The van der Waals surface area contributed by atoms with Crippen LogP contribution in [0.5, 0.6) is 5.75 Å². The minimum Gasteiger partial charge on any atom is -0.497 e. The maximum atomic E-state index is 12.8. The number of methoxy groups -OCH3 is 1. The number of hydrogen-bond donors (Lipinski definition) is 1. The first kappa shape index (κ1) is 21.7. The van der Waals surface area contributed by atoms with Gasteiger partial charge < -0.3 is 19.9 Å². The van der Waals surface area contributed by atoms with Gasteiger partial charge in [0, 0.05) is 37.2 Å². The first-order valence-corrected chi connectivity index (χ1v) is 12.1. The Morgan fingerprint density at radius 3 is 2.48 bits per heavy atom. The van der Waals surface area contributed by atoms with Gasteiger partial charge >= 0.3 is 0 Å². The highest BCUT2D eigenvalue weighted by molar-refractivity contribution is 9.10. The molecule has 3 aromatic rings. The molecule has 0 radical (unpaired) electrons. The van der Waals surface area contributed by atoms with E-state index >= 15 is 0 Å². The average molecular weight is 500 g/mol. The van der Waals surface area contributed by atoms with Gasteiger partial charge in [0.25, 0.3) is 5.91 Å². The van der Waals surface area contributed by atoms with Gasteiger partial charge in [-0.15, -0.1) is 11.3 Å². The Bertz CT molecular complexity index is 1010. The van der Waals surface area contributed by atoms with E-state index in [1.807, 2.05) is 28.5 Å². The lowest BCUT2D eigenvalue weighted by molar-refractivity contribution is 0.0751. The number of piperazine rings is 1. The number of rotatable bonds is 7. The number of para-hydroxylation sites is 2. The van der Waals surface area contributed by atoms with E-state index in [9.17, 15) is 4.79 Å². The summed E-state index contributed by atoms with van der Waals surface area (Å²) >= 11 is 4.97. The van der Waals surface area contributed by atoms with E-state index in [4.69, 9.17) is 4.74 Å². The number of halogens is 1. The Hall–Kier alpha value is -2.51. The molecule has 0 unspecified atom stereocenters. The minimum atomic E-state index is 0.118. The maximum absolute atomic E-state index is 12.8. The molecule has 1 fully saturated rings. The third-order valence-corrected chi connectivity index (χ3v) is 7.34. The fraction of sp³-hybridized carbons (Fsp3) is 0.292. The van der Waals surface area contributed by atoms with E-state index in [0.717, 1.165) is 59.9 Å². The lowest BCUT2D eigenvalue weighted by atomic mass is 10.1. The molecule has 2 heterocycles. The van der Waals surface area contributed by atoms with Crippen molar-refractivity contribution in [3.63, 3.8) is 0 Å². The summed E-state index contributed by atoms with van der Waals surface area (Å²) < 4.78 is 6.11. The summed E-state index contributed by atoms with van der Waals surface area (Å²) in [5.41, 5.74) is 3.61. The highest BCUT2D eigenvalue weighted by Crippen LogP contribution is 2.28. The van der Waals surface area contributed by atoms with Crippen molar-refractivity contribution < 1.29 is 9.53 Å². The zero-order valence-electron chi connectivity index (χ0n) is 17.5. The van der Waals surface area contributed by atoms with E-state index in [0.29, 0.717) is 0 Å². The molecule has 7 heteroatoms.